The van der Waals surface area contributed by atoms with E-state index < -0.39 is 0 Å². The molecule has 0 unspecified atom stereocenters. The molecule has 1 aliphatic heterocycles. The Morgan fingerprint density at radius 1 is 0.950 bits per heavy atom. The molecular formula is C31H36ClN5O2S. The molecule has 2 heterocycles. The molecule has 3 aromatic rings. The first kappa shape index (κ1) is 26.5. The summed E-state index contributed by atoms with van der Waals surface area (Å²) in [4.78, 5) is 15.3. The lowest BCUT2D eigenvalue weighted by Crippen LogP contribution is -2.48. The van der Waals surface area contributed by atoms with Crippen LogP contribution in [0.1, 0.15) is 49.9 Å². The predicted octanol–water partition coefficient (Wildman–Crippen LogP) is 5.95. The van der Waals surface area contributed by atoms with Gasteiger partial charge >= 0.3 is 0 Å². The Kier molecular flexibility index (Phi) is 7.37. The number of ether oxygens (including phenoxy) is 1. The molecule has 1 N–H and O–H groups in total. The molecule has 1 saturated heterocycles. The molecule has 9 heteroatoms. The standard InChI is InChI=1S/C31H36ClN5O2S/c32-25-3-7-27(8-4-25)37-28(19-36-9-11-39-12-10-36)34-35-30(37)40-20-29(38)33-26-5-1-24(2-6-26)31-16-21-13-22(17-31)15-23(14-21)18-31/h1-8,21-23H,9-20H2,(H,33,38). The van der Waals surface area contributed by atoms with E-state index in [0.29, 0.717) is 22.1 Å². The van der Waals surface area contributed by atoms with Gasteiger partial charge in [0, 0.05) is 29.5 Å². The molecule has 0 radical (unpaired) electrons. The molecule has 0 atom stereocenters. The molecule has 2 aromatic carbocycles. The van der Waals surface area contributed by atoms with Crippen LogP contribution in [-0.4, -0.2) is 57.6 Å². The van der Waals surface area contributed by atoms with Crippen molar-refractivity contribution >= 4 is 35.0 Å². The highest BCUT2D eigenvalue weighted by Gasteiger charge is 2.51. The van der Waals surface area contributed by atoms with Crippen molar-refractivity contribution in [2.24, 2.45) is 17.8 Å². The number of aromatic nitrogens is 3. The average Bonchev–Trinajstić information content (AvgIpc) is 3.34. The van der Waals surface area contributed by atoms with E-state index in [2.05, 4.69) is 44.7 Å². The van der Waals surface area contributed by atoms with Crippen LogP contribution in [0.4, 0.5) is 5.69 Å². The first-order chi connectivity index (χ1) is 19.5. The van der Waals surface area contributed by atoms with Crippen LogP contribution in [0.5, 0.6) is 0 Å². The molecule has 8 rings (SSSR count). The maximum absolute atomic E-state index is 13.0. The van der Waals surface area contributed by atoms with E-state index in [1.807, 2.05) is 28.8 Å². The van der Waals surface area contributed by atoms with Gasteiger partial charge in [0.1, 0.15) is 0 Å². The van der Waals surface area contributed by atoms with E-state index in [1.165, 1.54) is 55.9 Å². The molecule has 210 valence electrons. The third-order valence-electron chi connectivity index (χ3n) is 9.41. The summed E-state index contributed by atoms with van der Waals surface area (Å²) in [5.41, 5.74) is 3.63. The Morgan fingerprint density at radius 2 is 1.60 bits per heavy atom. The number of hydrogen-bond acceptors (Lipinski definition) is 6. The van der Waals surface area contributed by atoms with Crippen LogP contribution < -0.4 is 5.32 Å². The average molecular weight is 578 g/mol. The molecule has 40 heavy (non-hydrogen) atoms. The first-order valence-electron chi connectivity index (χ1n) is 14.6. The molecule has 5 aliphatic rings. The molecule has 5 fully saturated rings. The fourth-order valence-corrected chi connectivity index (χ4v) is 8.90. The number of halogens is 1. The molecule has 1 amide bonds. The lowest BCUT2D eigenvalue weighted by Gasteiger charge is -2.57. The van der Waals surface area contributed by atoms with E-state index in [4.69, 9.17) is 16.3 Å². The lowest BCUT2D eigenvalue weighted by molar-refractivity contribution is -0.113. The van der Waals surface area contributed by atoms with Gasteiger partial charge in [-0.25, -0.2) is 0 Å². The van der Waals surface area contributed by atoms with Crippen molar-refractivity contribution in [3.05, 3.63) is 64.9 Å². The van der Waals surface area contributed by atoms with Crippen molar-refractivity contribution < 1.29 is 9.53 Å². The molecule has 1 aromatic heterocycles. The Morgan fingerprint density at radius 3 is 2.25 bits per heavy atom. The molecule has 0 spiro atoms. The first-order valence-corrected chi connectivity index (χ1v) is 15.9. The van der Waals surface area contributed by atoms with Gasteiger partial charge in [0.25, 0.3) is 0 Å². The van der Waals surface area contributed by atoms with Crippen molar-refractivity contribution in [2.45, 2.75) is 55.6 Å². The Balaban J connectivity index is 1.02. The Hall–Kier alpha value is -2.39. The van der Waals surface area contributed by atoms with E-state index in [0.717, 1.165) is 61.3 Å². The van der Waals surface area contributed by atoms with Gasteiger partial charge in [-0.3, -0.25) is 14.3 Å². The van der Waals surface area contributed by atoms with Crippen LogP contribution in [0.3, 0.4) is 0 Å². The van der Waals surface area contributed by atoms with Crippen LogP contribution in [0.25, 0.3) is 5.69 Å². The minimum absolute atomic E-state index is 0.0482. The highest BCUT2D eigenvalue weighted by molar-refractivity contribution is 7.99. The SMILES string of the molecule is O=C(CSc1nnc(CN2CCOCC2)n1-c1ccc(Cl)cc1)Nc1ccc(C23CC4CC(CC(C4)C2)C3)cc1. The molecule has 4 bridgehead atoms. The summed E-state index contributed by atoms with van der Waals surface area (Å²) in [5.74, 6) is 3.81. The van der Waals surface area contributed by atoms with Crippen LogP contribution in [0.15, 0.2) is 53.7 Å². The van der Waals surface area contributed by atoms with Gasteiger partial charge < -0.3 is 10.1 Å². The largest absolute Gasteiger partial charge is 0.379 e. The van der Waals surface area contributed by atoms with Gasteiger partial charge in [-0.15, -0.1) is 10.2 Å². The number of nitrogens with one attached hydrogen (secondary N) is 1. The van der Waals surface area contributed by atoms with E-state index >= 15 is 0 Å². The number of anilines is 1. The smallest absolute Gasteiger partial charge is 0.234 e. The van der Waals surface area contributed by atoms with Crippen LogP contribution in [0.2, 0.25) is 5.02 Å². The summed E-state index contributed by atoms with van der Waals surface area (Å²) in [6.45, 7) is 3.84. The molecule has 7 nitrogen and oxygen atoms in total. The Bertz CT molecular complexity index is 1320. The van der Waals surface area contributed by atoms with Crippen molar-refractivity contribution in [2.75, 3.05) is 37.4 Å². The van der Waals surface area contributed by atoms with Gasteiger partial charge in [-0.05, 0) is 104 Å². The molecule has 4 saturated carbocycles. The number of carbonyl (C=O) groups is 1. The van der Waals surface area contributed by atoms with E-state index in [1.54, 1.807) is 0 Å². The quantitative estimate of drug-likeness (QED) is 0.334. The van der Waals surface area contributed by atoms with Crippen molar-refractivity contribution in [3.8, 4) is 5.69 Å². The number of nitrogens with zero attached hydrogens (tertiary/aromatic N) is 4. The van der Waals surface area contributed by atoms with Crippen molar-refractivity contribution in [3.63, 3.8) is 0 Å². The summed E-state index contributed by atoms with van der Waals surface area (Å²) in [6.07, 6.45) is 8.40. The van der Waals surface area contributed by atoms with Gasteiger partial charge in [-0.1, -0.05) is 35.5 Å². The van der Waals surface area contributed by atoms with Gasteiger partial charge in [-0.2, -0.15) is 0 Å². The summed E-state index contributed by atoms with van der Waals surface area (Å²) in [6, 6.07) is 16.4. The van der Waals surface area contributed by atoms with Gasteiger partial charge in [0.15, 0.2) is 11.0 Å². The monoisotopic (exact) mass is 577 g/mol. The minimum Gasteiger partial charge on any atom is -0.379 e. The minimum atomic E-state index is -0.0482. The van der Waals surface area contributed by atoms with Gasteiger partial charge in [0.2, 0.25) is 5.91 Å². The highest BCUT2D eigenvalue weighted by Crippen LogP contribution is 2.60. The summed E-state index contributed by atoms with van der Waals surface area (Å²) >= 11 is 7.55. The summed E-state index contributed by atoms with van der Waals surface area (Å²) < 4.78 is 7.53. The predicted molar refractivity (Wildman–Crippen MR) is 158 cm³/mol. The Labute approximate surface area is 245 Å². The fourth-order valence-electron chi connectivity index (χ4n) is 8.00. The van der Waals surface area contributed by atoms with Crippen LogP contribution >= 0.6 is 23.4 Å². The van der Waals surface area contributed by atoms with Crippen LogP contribution in [-0.2, 0) is 21.5 Å². The van der Waals surface area contributed by atoms with Gasteiger partial charge in [0.05, 0.1) is 25.5 Å². The number of rotatable bonds is 8. The number of carbonyl (C=O) groups excluding carboxylic acids is 1. The fraction of sp³-hybridized carbons (Fsp3) is 0.516. The maximum atomic E-state index is 13.0. The third-order valence-corrected chi connectivity index (χ3v) is 10.6. The van der Waals surface area contributed by atoms with E-state index in [9.17, 15) is 4.79 Å². The maximum Gasteiger partial charge on any atom is 0.234 e. The second kappa shape index (κ2) is 11.1. The topological polar surface area (TPSA) is 72.3 Å². The second-order valence-corrected chi connectivity index (χ2v) is 13.6. The number of amides is 1. The lowest BCUT2D eigenvalue weighted by atomic mass is 9.48. The summed E-state index contributed by atoms with van der Waals surface area (Å²) in [7, 11) is 0. The zero-order chi connectivity index (χ0) is 27.1. The summed E-state index contributed by atoms with van der Waals surface area (Å²) in [5, 5.41) is 13.4. The number of thioether (sulfide) groups is 1. The molecular weight excluding hydrogens is 542 g/mol. The number of benzene rings is 2. The van der Waals surface area contributed by atoms with Crippen molar-refractivity contribution in [1.82, 2.24) is 19.7 Å². The van der Waals surface area contributed by atoms with Crippen LogP contribution in [0, 0.1) is 17.8 Å². The zero-order valence-electron chi connectivity index (χ0n) is 22.7. The second-order valence-electron chi connectivity index (χ2n) is 12.2. The van der Waals surface area contributed by atoms with Crippen molar-refractivity contribution in [1.29, 1.82) is 0 Å². The third kappa shape index (κ3) is 5.43. The normalized spacial score (nSPS) is 27.7. The highest BCUT2D eigenvalue weighted by atomic mass is 35.5. The zero-order valence-corrected chi connectivity index (χ0v) is 24.3. The number of morpholine rings is 1. The number of hydrogen-bond donors (Lipinski definition) is 1. The molecule has 4 aliphatic carbocycles. The van der Waals surface area contributed by atoms with E-state index in [-0.39, 0.29) is 11.7 Å².